The van der Waals surface area contributed by atoms with Crippen molar-refractivity contribution >= 4 is 45.5 Å². The number of benzene rings is 3. The number of imide groups is 1. The topological polar surface area (TPSA) is 101 Å². The van der Waals surface area contributed by atoms with Gasteiger partial charge in [0.25, 0.3) is 5.91 Å². The van der Waals surface area contributed by atoms with Crippen LogP contribution in [-0.4, -0.2) is 42.4 Å². The Bertz CT molecular complexity index is 1380. The Labute approximate surface area is 189 Å². The number of para-hydroxylation sites is 1. The van der Waals surface area contributed by atoms with E-state index in [-0.39, 0.29) is 0 Å². The van der Waals surface area contributed by atoms with E-state index in [0.29, 0.717) is 23.4 Å². The second-order valence-corrected chi connectivity index (χ2v) is 7.81. The third-order valence-electron chi connectivity index (χ3n) is 5.66. The van der Waals surface area contributed by atoms with E-state index in [4.69, 9.17) is 9.15 Å². The van der Waals surface area contributed by atoms with Crippen molar-refractivity contribution in [2.45, 2.75) is 12.5 Å². The molecule has 1 fully saturated rings. The monoisotopic (exact) mass is 443 g/mol. The van der Waals surface area contributed by atoms with Crippen LogP contribution in [0.1, 0.15) is 5.56 Å². The number of ether oxygens (including phenoxy) is 1. The maximum absolute atomic E-state index is 12.7. The van der Waals surface area contributed by atoms with Crippen LogP contribution >= 0.6 is 0 Å². The normalized spacial score (nSPS) is 15.8. The molecule has 2 heterocycles. The standard InChI is InChI=1S/C25H21N3O5/c1-32-22-12-17-16-9-5-6-10-20(16)33-21(17)13-18(22)26-23(29)14-28-24(30)19(27-25(28)31)11-15-7-3-2-4-8-15/h2-10,12-13,19H,11,14H2,1H3,(H,26,29)(H,27,31). The first kappa shape index (κ1) is 20.6. The largest absolute Gasteiger partial charge is 0.495 e. The van der Waals surface area contributed by atoms with Crippen LogP contribution in [-0.2, 0) is 16.0 Å². The van der Waals surface area contributed by atoms with Gasteiger partial charge in [-0.2, -0.15) is 0 Å². The number of nitrogens with zero attached hydrogens (tertiary/aromatic N) is 1. The lowest BCUT2D eigenvalue weighted by molar-refractivity contribution is -0.130. The second-order valence-electron chi connectivity index (χ2n) is 7.81. The third-order valence-corrected chi connectivity index (χ3v) is 5.66. The van der Waals surface area contributed by atoms with Gasteiger partial charge in [0, 0.05) is 23.3 Å². The summed E-state index contributed by atoms with van der Waals surface area (Å²) in [6, 6.07) is 19.2. The lowest BCUT2D eigenvalue weighted by Crippen LogP contribution is -2.38. The van der Waals surface area contributed by atoms with Crippen LogP contribution in [0.25, 0.3) is 21.9 Å². The Morgan fingerprint density at radius 1 is 1.03 bits per heavy atom. The van der Waals surface area contributed by atoms with Gasteiger partial charge in [0.2, 0.25) is 5.91 Å². The van der Waals surface area contributed by atoms with Gasteiger partial charge in [0.1, 0.15) is 29.5 Å². The first-order valence-electron chi connectivity index (χ1n) is 10.5. The van der Waals surface area contributed by atoms with E-state index in [1.807, 2.05) is 54.6 Å². The van der Waals surface area contributed by atoms with E-state index in [9.17, 15) is 14.4 Å². The van der Waals surface area contributed by atoms with Gasteiger partial charge in [-0.05, 0) is 17.7 Å². The molecule has 0 saturated carbocycles. The molecule has 33 heavy (non-hydrogen) atoms. The molecule has 1 aliphatic rings. The van der Waals surface area contributed by atoms with Crippen LogP contribution in [0.4, 0.5) is 10.5 Å². The summed E-state index contributed by atoms with van der Waals surface area (Å²) in [5.74, 6) is -0.507. The van der Waals surface area contributed by atoms with Crippen LogP contribution in [0.15, 0.2) is 71.1 Å². The molecule has 1 unspecified atom stereocenters. The summed E-state index contributed by atoms with van der Waals surface area (Å²) >= 11 is 0. The zero-order valence-corrected chi connectivity index (χ0v) is 17.8. The zero-order chi connectivity index (χ0) is 22.9. The molecule has 1 aromatic heterocycles. The molecule has 5 rings (SSSR count). The van der Waals surface area contributed by atoms with Crippen LogP contribution in [0.3, 0.4) is 0 Å². The number of carbonyl (C=O) groups is 3. The number of methoxy groups -OCH3 is 1. The van der Waals surface area contributed by atoms with Crippen LogP contribution in [0, 0.1) is 0 Å². The molecule has 0 radical (unpaired) electrons. The van der Waals surface area contributed by atoms with E-state index >= 15 is 0 Å². The van der Waals surface area contributed by atoms with Crippen molar-refractivity contribution in [2.75, 3.05) is 19.0 Å². The van der Waals surface area contributed by atoms with Crippen LogP contribution in [0.5, 0.6) is 5.75 Å². The van der Waals surface area contributed by atoms with E-state index in [0.717, 1.165) is 26.8 Å². The Morgan fingerprint density at radius 2 is 1.79 bits per heavy atom. The summed E-state index contributed by atoms with van der Waals surface area (Å²) in [6.07, 6.45) is 0.361. The van der Waals surface area contributed by atoms with Crippen LogP contribution < -0.4 is 15.4 Å². The smallest absolute Gasteiger partial charge is 0.325 e. The van der Waals surface area contributed by atoms with Gasteiger partial charge in [-0.3, -0.25) is 14.5 Å². The Balaban J connectivity index is 1.32. The molecular formula is C25H21N3O5. The van der Waals surface area contributed by atoms with Gasteiger partial charge < -0.3 is 19.8 Å². The van der Waals surface area contributed by atoms with Gasteiger partial charge in [-0.15, -0.1) is 0 Å². The van der Waals surface area contributed by atoms with Crippen molar-refractivity contribution in [3.05, 3.63) is 72.3 Å². The fourth-order valence-corrected chi connectivity index (χ4v) is 4.07. The third kappa shape index (κ3) is 3.87. The molecule has 0 aliphatic carbocycles. The quantitative estimate of drug-likeness (QED) is 0.443. The lowest BCUT2D eigenvalue weighted by Gasteiger charge is -2.14. The maximum atomic E-state index is 12.7. The van der Waals surface area contributed by atoms with Crippen molar-refractivity contribution in [3.8, 4) is 5.75 Å². The molecule has 4 amide bonds. The van der Waals surface area contributed by atoms with Crippen molar-refractivity contribution in [2.24, 2.45) is 0 Å². The minimum absolute atomic E-state index is 0.361. The summed E-state index contributed by atoms with van der Waals surface area (Å²) in [4.78, 5) is 38.7. The van der Waals surface area contributed by atoms with E-state index in [2.05, 4.69) is 10.6 Å². The van der Waals surface area contributed by atoms with Crippen molar-refractivity contribution in [3.63, 3.8) is 0 Å². The molecule has 0 spiro atoms. The highest BCUT2D eigenvalue weighted by atomic mass is 16.5. The SMILES string of the molecule is COc1cc2c(cc1NC(=O)CN1C(=O)NC(Cc3ccccc3)C1=O)oc1ccccc12. The van der Waals surface area contributed by atoms with Crippen molar-refractivity contribution in [1.82, 2.24) is 10.2 Å². The van der Waals surface area contributed by atoms with Gasteiger partial charge in [-0.25, -0.2) is 4.79 Å². The molecule has 8 heteroatoms. The molecule has 0 bridgehead atoms. The molecule has 2 N–H and O–H groups in total. The van der Waals surface area contributed by atoms with E-state index in [1.54, 1.807) is 12.1 Å². The summed E-state index contributed by atoms with van der Waals surface area (Å²) in [5.41, 5.74) is 2.63. The molecule has 8 nitrogen and oxygen atoms in total. The molecular weight excluding hydrogens is 422 g/mol. The number of carbonyl (C=O) groups excluding carboxylic acids is 3. The van der Waals surface area contributed by atoms with Gasteiger partial charge >= 0.3 is 6.03 Å². The summed E-state index contributed by atoms with van der Waals surface area (Å²) in [6.45, 7) is -0.405. The van der Waals surface area contributed by atoms with Crippen molar-refractivity contribution < 1.29 is 23.5 Å². The number of furan rings is 1. The Hall–Kier alpha value is -4.33. The number of hydrogen-bond donors (Lipinski definition) is 2. The second kappa shape index (κ2) is 8.31. The summed E-state index contributed by atoms with van der Waals surface area (Å²) in [5, 5.41) is 7.18. The average Bonchev–Trinajstić information content (AvgIpc) is 3.30. The number of hydrogen-bond acceptors (Lipinski definition) is 5. The number of fused-ring (bicyclic) bond motifs is 3. The first-order valence-corrected chi connectivity index (χ1v) is 10.5. The fraction of sp³-hybridized carbons (Fsp3) is 0.160. The van der Waals surface area contributed by atoms with E-state index < -0.39 is 30.4 Å². The molecule has 1 saturated heterocycles. The summed E-state index contributed by atoms with van der Waals surface area (Å²) in [7, 11) is 1.50. The predicted octanol–water partition coefficient (Wildman–Crippen LogP) is 3.70. The molecule has 1 aliphatic heterocycles. The minimum atomic E-state index is -0.700. The van der Waals surface area contributed by atoms with Gasteiger partial charge in [-0.1, -0.05) is 48.5 Å². The van der Waals surface area contributed by atoms with E-state index in [1.165, 1.54) is 7.11 Å². The highest BCUT2D eigenvalue weighted by molar-refractivity contribution is 6.10. The number of rotatable bonds is 6. The highest BCUT2D eigenvalue weighted by Crippen LogP contribution is 2.36. The average molecular weight is 443 g/mol. The summed E-state index contributed by atoms with van der Waals surface area (Å²) < 4.78 is 11.3. The predicted molar refractivity (Wildman–Crippen MR) is 123 cm³/mol. The lowest BCUT2D eigenvalue weighted by atomic mass is 10.1. The number of urea groups is 1. The molecule has 3 aromatic carbocycles. The minimum Gasteiger partial charge on any atom is -0.495 e. The highest BCUT2D eigenvalue weighted by Gasteiger charge is 2.38. The number of amides is 4. The van der Waals surface area contributed by atoms with Gasteiger partial charge in [0.15, 0.2) is 0 Å². The Morgan fingerprint density at radius 3 is 2.58 bits per heavy atom. The first-order chi connectivity index (χ1) is 16.0. The Kier molecular flexibility index (Phi) is 5.18. The molecule has 166 valence electrons. The van der Waals surface area contributed by atoms with Gasteiger partial charge in [0.05, 0.1) is 12.8 Å². The molecule has 1 atom stereocenters. The number of nitrogens with one attached hydrogen (secondary N) is 2. The molecule has 4 aromatic rings. The number of anilines is 1. The van der Waals surface area contributed by atoms with Crippen molar-refractivity contribution in [1.29, 1.82) is 0 Å². The zero-order valence-electron chi connectivity index (χ0n) is 17.8. The van der Waals surface area contributed by atoms with Crippen LogP contribution in [0.2, 0.25) is 0 Å². The maximum Gasteiger partial charge on any atom is 0.325 e. The fourth-order valence-electron chi connectivity index (χ4n) is 4.07.